The fourth-order valence-corrected chi connectivity index (χ4v) is 2.65. The maximum atomic E-state index is 11.8. The lowest BCUT2D eigenvalue weighted by Gasteiger charge is -2.07. The monoisotopic (exact) mass is 345 g/mol. The minimum absolute atomic E-state index is 0.0515. The molecule has 0 aromatic carbocycles. The average Bonchev–Trinajstić information content (AvgIpc) is 2.60. The third kappa shape index (κ3) is 2.27. The van der Waals surface area contributed by atoms with E-state index in [4.69, 9.17) is 0 Å². The van der Waals surface area contributed by atoms with Gasteiger partial charge in [0.25, 0.3) is 5.56 Å². The van der Waals surface area contributed by atoms with Crippen molar-refractivity contribution < 1.29 is 0 Å². The topological polar surface area (TPSA) is 39.8 Å². The van der Waals surface area contributed by atoms with E-state index in [1.54, 1.807) is 29.4 Å². The van der Waals surface area contributed by atoms with Crippen LogP contribution < -0.4 is 5.56 Å². The van der Waals surface area contributed by atoms with Crippen molar-refractivity contribution in [3.05, 3.63) is 49.8 Å². The molecule has 0 aliphatic rings. The van der Waals surface area contributed by atoms with Crippen LogP contribution in [0.1, 0.15) is 5.69 Å². The number of nitrogens with zero attached hydrogens (tertiary/aromatic N) is 3. The van der Waals surface area contributed by atoms with E-state index < -0.39 is 0 Å². The third-order valence-corrected chi connectivity index (χ3v) is 3.26. The van der Waals surface area contributed by atoms with Crippen LogP contribution in [0.5, 0.6) is 0 Å². The van der Waals surface area contributed by atoms with Crippen LogP contribution in [-0.4, -0.2) is 14.1 Å². The highest BCUT2D eigenvalue weighted by molar-refractivity contribution is 9.11. The van der Waals surface area contributed by atoms with Crippen molar-refractivity contribution in [1.29, 1.82) is 0 Å². The molecule has 0 atom stereocenters. The van der Waals surface area contributed by atoms with Gasteiger partial charge in [0.15, 0.2) is 0 Å². The molecule has 6 heteroatoms. The second kappa shape index (κ2) is 4.55. The molecule has 4 nitrogen and oxygen atoms in total. The Labute approximate surface area is 109 Å². The number of imidazole rings is 1. The molecule has 2 aromatic rings. The number of aromatic nitrogens is 3. The van der Waals surface area contributed by atoms with E-state index in [0.717, 1.165) is 10.2 Å². The number of rotatable bonds is 2. The zero-order chi connectivity index (χ0) is 11.7. The zero-order valence-electron chi connectivity index (χ0n) is 8.52. The van der Waals surface area contributed by atoms with Crippen molar-refractivity contribution in [2.45, 2.75) is 6.54 Å². The molecule has 0 saturated carbocycles. The van der Waals surface area contributed by atoms with Gasteiger partial charge in [0.2, 0.25) is 0 Å². The molecule has 0 aliphatic carbocycles. The summed E-state index contributed by atoms with van der Waals surface area (Å²) in [6.07, 6.45) is 5.23. The number of hydrogen-bond donors (Lipinski definition) is 0. The summed E-state index contributed by atoms with van der Waals surface area (Å²) in [7, 11) is 1.90. The van der Waals surface area contributed by atoms with Crippen molar-refractivity contribution in [2.75, 3.05) is 0 Å². The largest absolute Gasteiger partial charge is 0.336 e. The Morgan fingerprint density at radius 1 is 1.44 bits per heavy atom. The van der Waals surface area contributed by atoms with E-state index in [-0.39, 0.29) is 5.56 Å². The molecule has 84 valence electrons. The molecule has 0 saturated heterocycles. The molecule has 0 bridgehead atoms. The summed E-state index contributed by atoms with van der Waals surface area (Å²) in [5.74, 6) is 0. The highest BCUT2D eigenvalue weighted by atomic mass is 79.9. The smallest absolute Gasteiger partial charge is 0.265 e. The predicted octanol–water partition coefficient (Wildman–Crippen LogP) is 2.16. The van der Waals surface area contributed by atoms with Gasteiger partial charge < -0.3 is 9.13 Å². The van der Waals surface area contributed by atoms with Crippen LogP contribution in [0.2, 0.25) is 0 Å². The maximum Gasteiger partial charge on any atom is 0.265 e. The SMILES string of the molecule is Cn1cncc1Cn1cc(Br)cc(Br)c1=O. The zero-order valence-corrected chi connectivity index (χ0v) is 11.7. The number of pyridine rings is 1. The molecule has 2 aromatic heterocycles. The summed E-state index contributed by atoms with van der Waals surface area (Å²) in [5, 5.41) is 0. The van der Waals surface area contributed by atoms with Crippen LogP contribution in [0, 0.1) is 0 Å². The van der Waals surface area contributed by atoms with Crippen molar-refractivity contribution in [3.8, 4) is 0 Å². The Morgan fingerprint density at radius 3 is 2.81 bits per heavy atom. The van der Waals surface area contributed by atoms with E-state index in [2.05, 4.69) is 36.8 Å². The molecule has 16 heavy (non-hydrogen) atoms. The lowest BCUT2D eigenvalue weighted by Crippen LogP contribution is -2.21. The van der Waals surface area contributed by atoms with Crippen LogP contribution in [-0.2, 0) is 13.6 Å². The first-order valence-corrected chi connectivity index (χ1v) is 6.17. The Balaban J connectivity index is 2.43. The maximum absolute atomic E-state index is 11.8. The minimum atomic E-state index is -0.0515. The Bertz CT molecular complexity index is 574. The minimum Gasteiger partial charge on any atom is -0.336 e. The first-order valence-electron chi connectivity index (χ1n) is 4.58. The van der Waals surface area contributed by atoms with Gasteiger partial charge in [-0.3, -0.25) is 4.79 Å². The van der Waals surface area contributed by atoms with E-state index in [0.29, 0.717) is 11.0 Å². The molecule has 0 spiro atoms. The van der Waals surface area contributed by atoms with Crippen LogP contribution in [0.25, 0.3) is 0 Å². The van der Waals surface area contributed by atoms with Crippen LogP contribution in [0.3, 0.4) is 0 Å². The standard InChI is InChI=1S/C10H9Br2N3O/c1-14-6-13-3-8(14)5-15-4-7(11)2-9(12)10(15)16/h2-4,6H,5H2,1H3. The van der Waals surface area contributed by atoms with Crippen LogP contribution in [0.4, 0.5) is 0 Å². The Kier molecular flexibility index (Phi) is 3.30. The summed E-state index contributed by atoms with van der Waals surface area (Å²) in [5.41, 5.74) is 0.927. The van der Waals surface area contributed by atoms with Gasteiger partial charge >= 0.3 is 0 Å². The van der Waals surface area contributed by atoms with E-state index in [1.165, 1.54) is 0 Å². The molecular weight excluding hydrogens is 338 g/mol. The lowest BCUT2D eigenvalue weighted by atomic mass is 10.4. The normalized spacial score (nSPS) is 10.7. The van der Waals surface area contributed by atoms with Crippen molar-refractivity contribution >= 4 is 31.9 Å². The Morgan fingerprint density at radius 2 is 2.19 bits per heavy atom. The fraction of sp³-hybridized carbons (Fsp3) is 0.200. The van der Waals surface area contributed by atoms with E-state index in [1.807, 2.05) is 11.6 Å². The summed E-state index contributed by atoms with van der Waals surface area (Å²) in [6, 6.07) is 1.74. The summed E-state index contributed by atoms with van der Waals surface area (Å²) in [4.78, 5) is 15.8. The van der Waals surface area contributed by atoms with Gasteiger partial charge in [-0.15, -0.1) is 0 Å². The van der Waals surface area contributed by atoms with Gasteiger partial charge in [-0.1, -0.05) is 0 Å². The summed E-state index contributed by atoms with van der Waals surface area (Å²) in [6.45, 7) is 0.507. The second-order valence-electron chi connectivity index (χ2n) is 3.44. The molecular formula is C10H9Br2N3O. The predicted molar refractivity (Wildman–Crippen MR) is 68.4 cm³/mol. The van der Waals surface area contributed by atoms with E-state index in [9.17, 15) is 4.79 Å². The van der Waals surface area contributed by atoms with E-state index >= 15 is 0 Å². The lowest BCUT2D eigenvalue weighted by molar-refractivity contribution is 0.695. The average molecular weight is 347 g/mol. The highest BCUT2D eigenvalue weighted by Gasteiger charge is 2.05. The molecule has 0 unspecified atom stereocenters. The number of halogens is 2. The second-order valence-corrected chi connectivity index (χ2v) is 5.21. The highest BCUT2D eigenvalue weighted by Crippen LogP contribution is 2.13. The fourth-order valence-electron chi connectivity index (χ4n) is 1.39. The Hall–Kier alpha value is -0.880. The van der Waals surface area contributed by atoms with Crippen molar-refractivity contribution in [2.24, 2.45) is 7.05 Å². The molecule has 0 amide bonds. The summed E-state index contributed by atoms with van der Waals surface area (Å²) < 4.78 is 4.93. The molecule has 0 N–H and O–H groups in total. The van der Waals surface area contributed by atoms with Crippen LogP contribution in [0.15, 0.2) is 38.5 Å². The third-order valence-electron chi connectivity index (χ3n) is 2.26. The first-order chi connectivity index (χ1) is 7.58. The van der Waals surface area contributed by atoms with Crippen LogP contribution >= 0.6 is 31.9 Å². The first kappa shape index (κ1) is 11.6. The number of hydrogen-bond acceptors (Lipinski definition) is 2. The van der Waals surface area contributed by atoms with Gasteiger partial charge in [-0.25, -0.2) is 4.98 Å². The van der Waals surface area contributed by atoms with Gasteiger partial charge in [-0.05, 0) is 37.9 Å². The molecule has 0 radical (unpaired) electrons. The van der Waals surface area contributed by atoms with Gasteiger partial charge in [0, 0.05) is 23.9 Å². The van der Waals surface area contributed by atoms with Crippen molar-refractivity contribution in [1.82, 2.24) is 14.1 Å². The van der Waals surface area contributed by atoms with Gasteiger partial charge in [0.05, 0.1) is 23.0 Å². The van der Waals surface area contributed by atoms with Crippen molar-refractivity contribution in [3.63, 3.8) is 0 Å². The summed E-state index contributed by atoms with van der Waals surface area (Å²) >= 11 is 6.59. The molecule has 2 rings (SSSR count). The number of aryl methyl sites for hydroxylation is 1. The molecule has 2 heterocycles. The molecule has 0 aliphatic heterocycles. The van der Waals surface area contributed by atoms with Gasteiger partial charge in [0.1, 0.15) is 0 Å². The quantitative estimate of drug-likeness (QED) is 0.835. The van der Waals surface area contributed by atoms with Gasteiger partial charge in [-0.2, -0.15) is 0 Å². The molecule has 0 fully saturated rings.